The van der Waals surface area contributed by atoms with Gasteiger partial charge in [0.05, 0.1) is 13.0 Å². The lowest BCUT2D eigenvalue weighted by Crippen LogP contribution is -2.27. The number of hydrogen-bond donors (Lipinski definition) is 4. The number of ketones is 1. The van der Waals surface area contributed by atoms with Crippen LogP contribution < -0.4 is 9.47 Å². The Morgan fingerprint density at radius 3 is 2.48 bits per heavy atom. The monoisotopic (exact) mass is 454 g/mol. The molecule has 33 heavy (non-hydrogen) atoms. The molecule has 1 aliphatic rings. The summed E-state index contributed by atoms with van der Waals surface area (Å²) >= 11 is 0. The summed E-state index contributed by atoms with van der Waals surface area (Å²) in [6.07, 6.45) is 6.25. The maximum atomic E-state index is 13.3. The third kappa shape index (κ3) is 4.92. The molecule has 1 atom stereocenters. The molecular weight excluding hydrogens is 424 g/mol. The molecule has 1 aliphatic heterocycles. The Morgan fingerprint density at radius 1 is 1.09 bits per heavy atom. The minimum Gasteiger partial charge on any atom is -0.507 e. The SMILES string of the molecule is COc1ccc(C2COc3c(C/C=C(/C)CCC=C(C)C)c(O)cc(O)c3C2=O)c(O)c1O. The first-order chi connectivity index (χ1) is 15.6. The van der Waals surface area contributed by atoms with Gasteiger partial charge in [-0.25, -0.2) is 0 Å². The first kappa shape index (κ1) is 24.0. The number of carbonyl (C=O) groups is 1. The van der Waals surface area contributed by atoms with Crippen LogP contribution in [0.5, 0.6) is 34.5 Å². The number of benzene rings is 2. The number of methoxy groups -OCH3 is 1. The fraction of sp³-hybridized carbons (Fsp3) is 0.346. The van der Waals surface area contributed by atoms with Crippen LogP contribution in [0.25, 0.3) is 0 Å². The molecular formula is C26H30O7. The van der Waals surface area contributed by atoms with Crippen molar-refractivity contribution in [2.75, 3.05) is 13.7 Å². The Hall–Kier alpha value is -3.61. The molecule has 7 nitrogen and oxygen atoms in total. The van der Waals surface area contributed by atoms with Gasteiger partial charge in [0.15, 0.2) is 17.3 Å². The quantitative estimate of drug-likeness (QED) is 0.339. The average molecular weight is 455 g/mol. The molecule has 4 N–H and O–H groups in total. The van der Waals surface area contributed by atoms with Crippen LogP contribution in [0.2, 0.25) is 0 Å². The Morgan fingerprint density at radius 2 is 1.82 bits per heavy atom. The third-order valence-corrected chi connectivity index (χ3v) is 5.78. The summed E-state index contributed by atoms with van der Waals surface area (Å²) in [7, 11) is 1.35. The van der Waals surface area contributed by atoms with E-state index in [0.717, 1.165) is 24.5 Å². The summed E-state index contributed by atoms with van der Waals surface area (Å²) in [5, 5.41) is 41.4. The molecule has 1 heterocycles. The maximum Gasteiger partial charge on any atom is 0.200 e. The summed E-state index contributed by atoms with van der Waals surface area (Å²) in [6.45, 7) is 5.98. The van der Waals surface area contributed by atoms with Gasteiger partial charge >= 0.3 is 0 Å². The lowest BCUT2D eigenvalue weighted by Gasteiger charge is -2.27. The van der Waals surface area contributed by atoms with Crippen molar-refractivity contribution in [3.63, 3.8) is 0 Å². The number of allylic oxidation sites excluding steroid dienone is 4. The molecule has 1 unspecified atom stereocenters. The van der Waals surface area contributed by atoms with Gasteiger partial charge in [0.25, 0.3) is 0 Å². The smallest absolute Gasteiger partial charge is 0.200 e. The number of aromatic hydroxyl groups is 4. The molecule has 0 saturated heterocycles. The minimum atomic E-state index is -0.945. The molecule has 0 saturated carbocycles. The zero-order chi connectivity index (χ0) is 24.3. The zero-order valence-corrected chi connectivity index (χ0v) is 19.3. The van der Waals surface area contributed by atoms with Crippen LogP contribution in [0.15, 0.2) is 41.5 Å². The fourth-order valence-electron chi connectivity index (χ4n) is 3.90. The van der Waals surface area contributed by atoms with E-state index in [1.165, 1.54) is 24.8 Å². The Kier molecular flexibility index (Phi) is 7.21. The number of Topliss-reactive ketones (excluding diaryl/α,β-unsaturated/α-hetero) is 1. The second-order valence-corrected chi connectivity index (χ2v) is 8.45. The minimum absolute atomic E-state index is 0.0515. The molecule has 2 aromatic rings. The largest absolute Gasteiger partial charge is 0.507 e. The molecule has 0 spiro atoms. The Labute approximate surface area is 193 Å². The van der Waals surface area contributed by atoms with Crippen LogP contribution in [0, 0.1) is 0 Å². The summed E-state index contributed by atoms with van der Waals surface area (Å²) in [5.41, 5.74) is 2.91. The number of hydrogen-bond acceptors (Lipinski definition) is 7. The molecule has 0 aliphatic carbocycles. The summed E-state index contributed by atoms with van der Waals surface area (Å²) in [5.74, 6) is -2.72. The van der Waals surface area contributed by atoms with Gasteiger partial charge in [-0.05, 0) is 46.1 Å². The van der Waals surface area contributed by atoms with E-state index >= 15 is 0 Å². The van der Waals surface area contributed by atoms with Crippen molar-refractivity contribution in [1.29, 1.82) is 0 Å². The van der Waals surface area contributed by atoms with Crippen molar-refractivity contribution in [3.8, 4) is 34.5 Å². The Bertz CT molecular complexity index is 1120. The summed E-state index contributed by atoms with van der Waals surface area (Å²) in [6, 6.07) is 4.05. The molecule has 0 bridgehead atoms. The second-order valence-electron chi connectivity index (χ2n) is 8.45. The van der Waals surface area contributed by atoms with E-state index in [1.54, 1.807) is 0 Å². The van der Waals surface area contributed by atoms with Crippen molar-refractivity contribution < 1.29 is 34.7 Å². The summed E-state index contributed by atoms with van der Waals surface area (Å²) < 4.78 is 10.8. The second kappa shape index (κ2) is 9.90. The standard InChI is InChI=1S/C26H30O7/c1-14(2)6-5-7-15(3)8-9-17-19(27)12-20(28)22-23(29)18(13-33-26(17)22)16-10-11-21(32-4)25(31)24(16)30/h6,8,10-12,18,27-28,30-31H,5,7,9,13H2,1-4H3/b15-8-. The van der Waals surface area contributed by atoms with Gasteiger partial charge in [0.1, 0.15) is 29.4 Å². The van der Waals surface area contributed by atoms with Crippen molar-refractivity contribution in [2.45, 2.75) is 46.0 Å². The lowest BCUT2D eigenvalue weighted by molar-refractivity contribution is 0.0888. The fourth-order valence-corrected chi connectivity index (χ4v) is 3.90. The zero-order valence-electron chi connectivity index (χ0n) is 19.3. The lowest BCUT2D eigenvalue weighted by atomic mass is 9.86. The first-order valence-corrected chi connectivity index (χ1v) is 10.8. The van der Waals surface area contributed by atoms with Gasteiger partial charge in [-0.15, -0.1) is 0 Å². The van der Waals surface area contributed by atoms with E-state index in [2.05, 4.69) is 19.9 Å². The number of phenols is 4. The highest BCUT2D eigenvalue weighted by Gasteiger charge is 2.37. The van der Waals surface area contributed by atoms with Crippen molar-refractivity contribution >= 4 is 5.78 Å². The van der Waals surface area contributed by atoms with E-state index in [1.807, 2.05) is 13.0 Å². The Balaban J connectivity index is 1.93. The van der Waals surface area contributed by atoms with E-state index in [9.17, 15) is 25.2 Å². The number of rotatable bonds is 7. The van der Waals surface area contributed by atoms with Crippen molar-refractivity contribution in [2.24, 2.45) is 0 Å². The van der Waals surface area contributed by atoms with Gasteiger partial charge in [-0.3, -0.25) is 4.79 Å². The number of carbonyl (C=O) groups excluding carboxylic acids is 1. The number of phenolic OH excluding ortho intramolecular Hbond substituents is 4. The van der Waals surface area contributed by atoms with Gasteiger partial charge in [0.2, 0.25) is 5.75 Å². The van der Waals surface area contributed by atoms with Crippen LogP contribution in [0.1, 0.15) is 61.0 Å². The van der Waals surface area contributed by atoms with E-state index in [-0.39, 0.29) is 35.0 Å². The topological polar surface area (TPSA) is 116 Å². The third-order valence-electron chi connectivity index (χ3n) is 5.78. The number of fused-ring (bicyclic) bond motifs is 1. The van der Waals surface area contributed by atoms with E-state index in [0.29, 0.717) is 12.0 Å². The average Bonchev–Trinajstić information content (AvgIpc) is 2.75. The highest BCUT2D eigenvalue weighted by atomic mass is 16.5. The van der Waals surface area contributed by atoms with Crippen LogP contribution >= 0.6 is 0 Å². The van der Waals surface area contributed by atoms with Crippen LogP contribution in [0.3, 0.4) is 0 Å². The van der Waals surface area contributed by atoms with E-state index in [4.69, 9.17) is 9.47 Å². The van der Waals surface area contributed by atoms with E-state index < -0.39 is 28.9 Å². The van der Waals surface area contributed by atoms with Gasteiger partial charge in [0, 0.05) is 17.2 Å². The van der Waals surface area contributed by atoms with Crippen molar-refractivity contribution in [1.82, 2.24) is 0 Å². The first-order valence-electron chi connectivity index (χ1n) is 10.8. The molecule has 0 amide bonds. The molecule has 3 rings (SSSR count). The molecule has 2 aromatic carbocycles. The predicted molar refractivity (Wildman–Crippen MR) is 125 cm³/mol. The molecule has 7 heteroatoms. The molecule has 0 radical (unpaired) electrons. The highest BCUT2D eigenvalue weighted by Crippen LogP contribution is 2.47. The van der Waals surface area contributed by atoms with Crippen LogP contribution in [-0.4, -0.2) is 39.9 Å². The van der Waals surface area contributed by atoms with Crippen LogP contribution in [-0.2, 0) is 6.42 Å². The highest BCUT2D eigenvalue weighted by molar-refractivity contribution is 6.07. The predicted octanol–water partition coefficient (Wildman–Crippen LogP) is 5.11. The van der Waals surface area contributed by atoms with Gasteiger partial charge < -0.3 is 29.9 Å². The van der Waals surface area contributed by atoms with Crippen molar-refractivity contribution in [3.05, 3.63) is 58.2 Å². The molecule has 176 valence electrons. The van der Waals surface area contributed by atoms with Crippen LogP contribution in [0.4, 0.5) is 0 Å². The summed E-state index contributed by atoms with van der Waals surface area (Å²) in [4.78, 5) is 13.3. The number of ether oxygens (including phenoxy) is 2. The normalized spacial score (nSPS) is 15.6. The molecule has 0 fully saturated rings. The maximum absolute atomic E-state index is 13.3. The molecule has 0 aromatic heterocycles. The van der Waals surface area contributed by atoms with Gasteiger partial charge in [-0.2, -0.15) is 0 Å². The van der Waals surface area contributed by atoms with Gasteiger partial charge in [-0.1, -0.05) is 29.4 Å².